The quantitative estimate of drug-likeness (QED) is 0.206. The smallest absolute Gasteiger partial charge is 0.305 e. The molecule has 0 heterocycles. The fourth-order valence-corrected chi connectivity index (χ4v) is 2.86. The van der Waals surface area contributed by atoms with Crippen molar-refractivity contribution in [2.45, 2.75) is 89.5 Å². The molecule has 0 aromatic rings. The molecule has 1 unspecified atom stereocenters. The number of hydrogen-bond donors (Lipinski definition) is 3. The van der Waals surface area contributed by atoms with E-state index in [1.807, 2.05) is 0 Å². The summed E-state index contributed by atoms with van der Waals surface area (Å²) in [6, 6.07) is -0.490. The number of esters is 1. The zero-order valence-electron chi connectivity index (χ0n) is 15.9. The summed E-state index contributed by atoms with van der Waals surface area (Å²) in [4.78, 5) is 22.4. The van der Waals surface area contributed by atoms with Gasteiger partial charge in [0.1, 0.15) is 0 Å². The Morgan fingerprint density at radius 1 is 0.880 bits per heavy atom. The number of unbranched alkanes of at least 4 members (excludes halogenated alkanes) is 11. The van der Waals surface area contributed by atoms with E-state index >= 15 is 0 Å². The first-order chi connectivity index (χ1) is 12.1. The number of rotatable bonds is 17. The van der Waals surface area contributed by atoms with Crippen molar-refractivity contribution in [1.82, 2.24) is 5.32 Å². The average Bonchev–Trinajstić information content (AvgIpc) is 2.63. The molecule has 0 aromatic heterocycles. The summed E-state index contributed by atoms with van der Waals surface area (Å²) < 4.78 is 4.62. The van der Waals surface area contributed by atoms with Gasteiger partial charge in [0.05, 0.1) is 13.2 Å². The normalized spacial score (nSPS) is 12.0. The van der Waals surface area contributed by atoms with Crippen LogP contribution in [0.5, 0.6) is 0 Å². The lowest BCUT2D eigenvalue weighted by atomic mass is 10.0. The number of nitrogens with one attached hydrogen (secondary N) is 1. The monoisotopic (exact) mass is 374 g/mol. The maximum atomic E-state index is 11.4. The molecule has 0 saturated heterocycles. The highest BCUT2D eigenvalue weighted by Crippen LogP contribution is 2.12. The third-order valence-corrected chi connectivity index (χ3v) is 4.76. The molecule has 0 aliphatic rings. The lowest BCUT2D eigenvalue weighted by Crippen LogP contribution is -2.42. The molecule has 1 amide bonds. The van der Waals surface area contributed by atoms with Crippen LogP contribution in [0.2, 0.25) is 0 Å². The van der Waals surface area contributed by atoms with Crippen LogP contribution >= 0.6 is 12.6 Å². The standard InChI is InChI=1S/C19H38N2O3S/c1-24-18(22)14-12-10-8-6-4-2-3-5-7-9-11-13-15-21-19(23)17(20)16-25/h17,25H,2-16,20H2,1H3,(H,21,23). The van der Waals surface area contributed by atoms with Crippen LogP contribution in [0, 0.1) is 0 Å². The largest absolute Gasteiger partial charge is 0.469 e. The lowest BCUT2D eigenvalue weighted by Gasteiger charge is -2.09. The Bertz CT molecular complexity index is 341. The van der Waals surface area contributed by atoms with E-state index in [2.05, 4.69) is 22.7 Å². The molecule has 0 aromatic carbocycles. The molecule has 1 atom stereocenters. The molecule has 25 heavy (non-hydrogen) atoms. The second kappa shape index (κ2) is 18.1. The van der Waals surface area contributed by atoms with Gasteiger partial charge in [0.15, 0.2) is 0 Å². The maximum absolute atomic E-state index is 11.4. The third kappa shape index (κ3) is 16.5. The summed E-state index contributed by atoms with van der Waals surface area (Å²) in [5.41, 5.74) is 5.58. The van der Waals surface area contributed by atoms with Gasteiger partial charge >= 0.3 is 5.97 Å². The average molecular weight is 375 g/mol. The van der Waals surface area contributed by atoms with Crippen molar-refractivity contribution in [3.63, 3.8) is 0 Å². The predicted octanol–water partition coefficient (Wildman–Crippen LogP) is 3.60. The van der Waals surface area contributed by atoms with Gasteiger partial charge in [-0.25, -0.2) is 0 Å². The molecule has 6 heteroatoms. The van der Waals surface area contributed by atoms with E-state index in [1.165, 1.54) is 58.5 Å². The highest BCUT2D eigenvalue weighted by Gasteiger charge is 2.09. The SMILES string of the molecule is COC(=O)CCCCCCCCCCCCCCNC(=O)C(N)CS. The van der Waals surface area contributed by atoms with Crippen LogP contribution in [0.25, 0.3) is 0 Å². The van der Waals surface area contributed by atoms with Gasteiger partial charge in [0.25, 0.3) is 0 Å². The minimum absolute atomic E-state index is 0.0939. The van der Waals surface area contributed by atoms with Crippen molar-refractivity contribution in [3.05, 3.63) is 0 Å². The first-order valence-electron chi connectivity index (χ1n) is 9.82. The number of thiol groups is 1. The van der Waals surface area contributed by atoms with Gasteiger partial charge in [-0.2, -0.15) is 12.6 Å². The molecule has 0 aliphatic carbocycles. The summed E-state index contributed by atoms with van der Waals surface area (Å²) in [6.07, 6.45) is 15.1. The van der Waals surface area contributed by atoms with Crippen molar-refractivity contribution >= 4 is 24.5 Å². The van der Waals surface area contributed by atoms with Gasteiger partial charge in [0, 0.05) is 18.7 Å². The molecule has 5 nitrogen and oxygen atoms in total. The van der Waals surface area contributed by atoms with Crippen LogP contribution in [0.15, 0.2) is 0 Å². The Hall–Kier alpha value is -0.750. The molecular formula is C19H38N2O3S. The molecule has 0 aliphatic heterocycles. The zero-order valence-corrected chi connectivity index (χ0v) is 16.8. The van der Waals surface area contributed by atoms with Gasteiger partial charge in [-0.3, -0.25) is 9.59 Å². The first-order valence-corrected chi connectivity index (χ1v) is 10.5. The second-order valence-corrected chi connectivity index (χ2v) is 7.01. The van der Waals surface area contributed by atoms with E-state index in [0.29, 0.717) is 12.2 Å². The van der Waals surface area contributed by atoms with E-state index in [4.69, 9.17) is 5.73 Å². The van der Waals surface area contributed by atoms with Gasteiger partial charge in [-0.1, -0.05) is 64.2 Å². The third-order valence-electron chi connectivity index (χ3n) is 4.37. The number of methoxy groups -OCH3 is 1. The fraction of sp³-hybridized carbons (Fsp3) is 0.895. The van der Waals surface area contributed by atoms with E-state index in [-0.39, 0.29) is 11.9 Å². The fourth-order valence-electron chi connectivity index (χ4n) is 2.69. The lowest BCUT2D eigenvalue weighted by molar-refractivity contribution is -0.140. The molecule has 148 valence electrons. The molecule has 0 spiro atoms. The summed E-state index contributed by atoms with van der Waals surface area (Å²) in [6.45, 7) is 0.719. The van der Waals surface area contributed by atoms with Crippen molar-refractivity contribution in [3.8, 4) is 0 Å². The van der Waals surface area contributed by atoms with E-state index in [1.54, 1.807) is 0 Å². The molecule has 0 rings (SSSR count). The number of carbonyl (C=O) groups excluding carboxylic acids is 2. The Kier molecular flexibility index (Phi) is 17.5. The Morgan fingerprint density at radius 2 is 1.32 bits per heavy atom. The molecule has 3 N–H and O–H groups in total. The van der Waals surface area contributed by atoms with Crippen molar-refractivity contribution in [2.75, 3.05) is 19.4 Å². The number of carbonyl (C=O) groups is 2. The minimum Gasteiger partial charge on any atom is -0.469 e. The van der Waals surface area contributed by atoms with E-state index in [9.17, 15) is 9.59 Å². The summed E-state index contributed by atoms with van der Waals surface area (Å²) in [7, 11) is 1.45. The van der Waals surface area contributed by atoms with Gasteiger partial charge in [-0.05, 0) is 12.8 Å². The summed E-state index contributed by atoms with van der Waals surface area (Å²) >= 11 is 4.01. The highest BCUT2D eigenvalue weighted by atomic mass is 32.1. The van der Waals surface area contributed by atoms with Crippen LogP contribution in [0.1, 0.15) is 83.5 Å². The molecule has 0 fully saturated rings. The molecule has 0 bridgehead atoms. The van der Waals surface area contributed by atoms with Crippen LogP contribution < -0.4 is 11.1 Å². The number of nitrogens with two attached hydrogens (primary N) is 1. The number of ether oxygens (including phenoxy) is 1. The summed E-state index contributed by atoms with van der Waals surface area (Å²) in [5, 5.41) is 2.84. The second-order valence-electron chi connectivity index (χ2n) is 6.65. The first kappa shape index (κ1) is 24.2. The zero-order chi connectivity index (χ0) is 18.8. The van der Waals surface area contributed by atoms with E-state index in [0.717, 1.165) is 32.2 Å². The van der Waals surface area contributed by atoms with Crippen LogP contribution in [-0.2, 0) is 14.3 Å². The van der Waals surface area contributed by atoms with Crippen molar-refractivity contribution < 1.29 is 14.3 Å². The maximum Gasteiger partial charge on any atom is 0.305 e. The van der Waals surface area contributed by atoms with Gasteiger partial charge in [-0.15, -0.1) is 0 Å². The van der Waals surface area contributed by atoms with E-state index < -0.39 is 6.04 Å². The highest BCUT2D eigenvalue weighted by molar-refractivity contribution is 7.80. The van der Waals surface area contributed by atoms with Crippen molar-refractivity contribution in [1.29, 1.82) is 0 Å². The van der Waals surface area contributed by atoms with Gasteiger partial charge in [0.2, 0.25) is 5.91 Å². The number of hydrogen-bond acceptors (Lipinski definition) is 5. The van der Waals surface area contributed by atoms with Crippen LogP contribution in [0.4, 0.5) is 0 Å². The minimum atomic E-state index is -0.490. The van der Waals surface area contributed by atoms with Crippen LogP contribution in [-0.4, -0.2) is 37.3 Å². The van der Waals surface area contributed by atoms with Gasteiger partial charge < -0.3 is 15.8 Å². The molecular weight excluding hydrogens is 336 g/mol. The predicted molar refractivity (Wildman–Crippen MR) is 107 cm³/mol. The van der Waals surface area contributed by atoms with Crippen LogP contribution in [0.3, 0.4) is 0 Å². The Labute approximate surface area is 159 Å². The Balaban J connectivity index is 3.14. The number of amides is 1. The van der Waals surface area contributed by atoms with Crippen molar-refractivity contribution in [2.24, 2.45) is 5.73 Å². The summed E-state index contributed by atoms with van der Waals surface area (Å²) in [5.74, 6) is 0.197. The molecule has 0 saturated carbocycles. The Morgan fingerprint density at radius 3 is 1.76 bits per heavy atom. The molecule has 0 radical (unpaired) electrons. The topological polar surface area (TPSA) is 81.4 Å².